The molecule has 0 saturated heterocycles. The third kappa shape index (κ3) is 3.24. The molecule has 0 amide bonds. The van der Waals surface area contributed by atoms with Crippen LogP contribution in [0, 0.1) is 5.92 Å². The van der Waals surface area contributed by atoms with Gasteiger partial charge in [-0.1, -0.05) is 62.4 Å². The zero-order valence-corrected chi connectivity index (χ0v) is 9.92. The Balaban J connectivity index is 1.88. The van der Waals surface area contributed by atoms with E-state index in [9.17, 15) is 0 Å². The number of rotatable bonds is 3. The van der Waals surface area contributed by atoms with E-state index in [1.165, 1.54) is 37.7 Å². The van der Waals surface area contributed by atoms with Gasteiger partial charge in [-0.25, -0.2) is 0 Å². The van der Waals surface area contributed by atoms with Gasteiger partial charge in [0.05, 0.1) is 5.38 Å². The molecule has 1 aromatic rings. The molecule has 15 heavy (non-hydrogen) atoms. The molecule has 0 N–H and O–H groups in total. The van der Waals surface area contributed by atoms with Gasteiger partial charge < -0.3 is 0 Å². The van der Waals surface area contributed by atoms with Gasteiger partial charge in [-0.15, -0.1) is 11.6 Å². The lowest BCUT2D eigenvalue weighted by molar-refractivity contribution is 0.336. The summed E-state index contributed by atoms with van der Waals surface area (Å²) in [5.41, 5.74) is 1.28. The molecule has 1 saturated carbocycles. The predicted molar refractivity (Wildman–Crippen MR) is 66.2 cm³/mol. The van der Waals surface area contributed by atoms with Crippen molar-refractivity contribution in [1.82, 2.24) is 0 Å². The Hall–Kier alpha value is -0.490. The highest BCUT2D eigenvalue weighted by atomic mass is 35.5. The molecular weight excluding hydrogens is 204 g/mol. The van der Waals surface area contributed by atoms with Crippen molar-refractivity contribution in [2.45, 2.75) is 43.9 Å². The molecule has 0 aromatic heterocycles. The zero-order chi connectivity index (χ0) is 10.5. The molecule has 1 atom stereocenters. The van der Waals surface area contributed by atoms with Crippen molar-refractivity contribution >= 4 is 11.6 Å². The van der Waals surface area contributed by atoms with Gasteiger partial charge in [0.25, 0.3) is 0 Å². The fourth-order valence-corrected chi connectivity index (χ4v) is 2.91. The van der Waals surface area contributed by atoms with Crippen molar-refractivity contribution < 1.29 is 0 Å². The summed E-state index contributed by atoms with van der Waals surface area (Å²) in [4.78, 5) is 0. The lowest BCUT2D eigenvalue weighted by Gasteiger charge is -2.23. The van der Waals surface area contributed by atoms with Crippen LogP contribution in [0.4, 0.5) is 0 Å². The number of halogens is 1. The van der Waals surface area contributed by atoms with E-state index in [-0.39, 0.29) is 5.38 Å². The molecule has 1 aliphatic carbocycles. The van der Waals surface area contributed by atoms with E-state index in [2.05, 4.69) is 24.3 Å². The number of benzene rings is 1. The van der Waals surface area contributed by atoms with E-state index < -0.39 is 0 Å². The first-order valence-electron chi connectivity index (χ1n) is 6.05. The molecule has 1 heteroatoms. The third-order valence-electron chi connectivity index (χ3n) is 3.43. The minimum atomic E-state index is 0.217. The summed E-state index contributed by atoms with van der Waals surface area (Å²) in [5, 5.41) is 0.217. The average molecular weight is 223 g/mol. The molecule has 1 fully saturated rings. The Kier molecular flexibility index (Phi) is 4.08. The Bertz CT molecular complexity index is 275. The Morgan fingerprint density at radius 3 is 2.40 bits per heavy atom. The highest BCUT2D eigenvalue weighted by molar-refractivity contribution is 6.20. The molecule has 0 radical (unpaired) electrons. The highest BCUT2D eigenvalue weighted by Crippen LogP contribution is 2.34. The van der Waals surface area contributed by atoms with Crippen molar-refractivity contribution in [3.8, 4) is 0 Å². The molecule has 0 bridgehead atoms. The van der Waals surface area contributed by atoms with E-state index >= 15 is 0 Å². The first kappa shape index (κ1) is 11.0. The van der Waals surface area contributed by atoms with Crippen LogP contribution < -0.4 is 0 Å². The van der Waals surface area contributed by atoms with E-state index in [4.69, 9.17) is 11.6 Å². The zero-order valence-electron chi connectivity index (χ0n) is 9.16. The van der Waals surface area contributed by atoms with Crippen molar-refractivity contribution in [1.29, 1.82) is 0 Å². The standard InChI is InChI=1S/C14H19Cl/c15-14(13-9-5-2-6-10-13)11-12-7-3-1-4-8-12/h2,5-6,9-10,12,14H,1,3-4,7-8,11H2. The molecule has 0 heterocycles. The van der Waals surface area contributed by atoms with Crippen LogP contribution in [0.2, 0.25) is 0 Å². The predicted octanol–water partition coefficient (Wildman–Crippen LogP) is 4.94. The first-order chi connectivity index (χ1) is 7.36. The Labute approximate surface area is 97.6 Å². The van der Waals surface area contributed by atoms with Crippen LogP contribution in [-0.4, -0.2) is 0 Å². The largest absolute Gasteiger partial charge is 0.118 e. The molecule has 2 rings (SSSR count). The fourth-order valence-electron chi connectivity index (χ4n) is 2.51. The molecule has 1 unspecified atom stereocenters. The summed E-state index contributed by atoms with van der Waals surface area (Å²) < 4.78 is 0. The van der Waals surface area contributed by atoms with E-state index in [0.717, 1.165) is 12.3 Å². The SMILES string of the molecule is ClC(CC1CCCCC1)c1ccccc1. The van der Waals surface area contributed by atoms with Crippen molar-refractivity contribution in [2.75, 3.05) is 0 Å². The quantitative estimate of drug-likeness (QED) is 0.636. The third-order valence-corrected chi connectivity index (χ3v) is 3.86. The van der Waals surface area contributed by atoms with Gasteiger partial charge in [0.15, 0.2) is 0 Å². The van der Waals surface area contributed by atoms with E-state index in [0.29, 0.717) is 0 Å². The highest BCUT2D eigenvalue weighted by Gasteiger charge is 2.18. The maximum Gasteiger partial charge on any atom is 0.0587 e. The van der Waals surface area contributed by atoms with Crippen LogP contribution in [0.25, 0.3) is 0 Å². The summed E-state index contributed by atoms with van der Waals surface area (Å²) in [6, 6.07) is 10.5. The Morgan fingerprint density at radius 1 is 1.07 bits per heavy atom. The van der Waals surface area contributed by atoms with E-state index in [1.807, 2.05) is 6.07 Å². The van der Waals surface area contributed by atoms with Crippen LogP contribution >= 0.6 is 11.6 Å². The second kappa shape index (κ2) is 5.55. The number of hydrogen-bond acceptors (Lipinski definition) is 0. The number of alkyl halides is 1. The van der Waals surface area contributed by atoms with Gasteiger partial charge >= 0.3 is 0 Å². The van der Waals surface area contributed by atoms with Gasteiger partial charge in [0.2, 0.25) is 0 Å². The fraction of sp³-hybridized carbons (Fsp3) is 0.571. The van der Waals surface area contributed by atoms with Gasteiger partial charge in [-0.05, 0) is 17.9 Å². The number of hydrogen-bond donors (Lipinski definition) is 0. The topological polar surface area (TPSA) is 0 Å². The second-order valence-corrected chi connectivity index (χ2v) is 5.14. The summed E-state index contributed by atoms with van der Waals surface area (Å²) in [6.07, 6.45) is 8.17. The molecule has 0 spiro atoms. The van der Waals surface area contributed by atoms with Crippen LogP contribution in [0.1, 0.15) is 49.5 Å². The summed E-state index contributed by atoms with van der Waals surface area (Å²) in [6.45, 7) is 0. The maximum atomic E-state index is 6.44. The van der Waals surface area contributed by atoms with Crippen LogP contribution in [0.15, 0.2) is 30.3 Å². The first-order valence-corrected chi connectivity index (χ1v) is 6.49. The minimum Gasteiger partial charge on any atom is -0.118 e. The summed E-state index contributed by atoms with van der Waals surface area (Å²) in [5.74, 6) is 0.862. The second-order valence-electron chi connectivity index (χ2n) is 4.62. The van der Waals surface area contributed by atoms with Crippen LogP contribution in [0.3, 0.4) is 0 Å². The smallest absolute Gasteiger partial charge is 0.0587 e. The molecule has 82 valence electrons. The van der Waals surface area contributed by atoms with Gasteiger partial charge in [0.1, 0.15) is 0 Å². The lowest BCUT2D eigenvalue weighted by Crippen LogP contribution is -2.08. The normalized spacial score (nSPS) is 20.1. The monoisotopic (exact) mass is 222 g/mol. The molecular formula is C14H19Cl. The lowest BCUT2D eigenvalue weighted by atomic mass is 9.85. The van der Waals surface area contributed by atoms with Gasteiger partial charge in [-0.2, -0.15) is 0 Å². The maximum absolute atomic E-state index is 6.44. The average Bonchev–Trinajstić information content (AvgIpc) is 2.31. The van der Waals surface area contributed by atoms with E-state index in [1.54, 1.807) is 0 Å². The molecule has 1 aliphatic rings. The molecule has 0 nitrogen and oxygen atoms in total. The molecule has 0 aliphatic heterocycles. The van der Waals surface area contributed by atoms with Crippen molar-refractivity contribution in [3.05, 3.63) is 35.9 Å². The van der Waals surface area contributed by atoms with Crippen molar-refractivity contribution in [3.63, 3.8) is 0 Å². The van der Waals surface area contributed by atoms with Gasteiger partial charge in [0, 0.05) is 0 Å². The Morgan fingerprint density at radius 2 is 1.73 bits per heavy atom. The summed E-state index contributed by atoms with van der Waals surface area (Å²) in [7, 11) is 0. The summed E-state index contributed by atoms with van der Waals surface area (Å²) >= 11 is 6.44. The van der Waals surface area contributed by atoms with Crippen molar-refractivity contribution in [2.24, 2.45) is 5.92 Å². The van der Waals surface area contributed by atoms with Gasteiger partial charge in [-0.3, -0.25) is 0 Å². The van der Waals surface area contributed by atoms with Crippen LogP contribution in [-0.2, 0) is 0 Å². The van der Waals surface area contributed by atoms with Crippen LogP contribution in [0.5, 0.6) is 0 Å². The molecule has 1 aromatic carbocycles. The minimum absolute atomic E-state index is 0.217.